The number of rotatable bonds is 2. The van der Waals surface area contributed by atoms with Gasteiger partial charge in [0.1, 0.15) is 11.4 Å². The maximum absolute atomic E-state index is 5.92. The van der Waals surface area contributed by atoms with Crippen LogP contribution in [0, 0.1) is 0 Å². The summed E-state index contributed by atoms with van der Waals surface area (Å²) in [6.45, 7) is 4.21. The maximum atomic E-state index is 5.92. The van der Waals surface area contributed by atoms with E-state index in [1.807, 2.05) is 37.3 Å². The summed E-state index contributed by atoms with van der Waals surface area (Å²) in [6, 6.07) is 8.41. The first-order valence-electron chi connectivity index (χ1n) is 5.22. The van der Waals surface area contributed by atoms with E-state index >= 15 is 0 Å². The number of hydrogen-bond donors (Lipinski definition) is 1. The molecule has 0 spiro atoms. The number of hydrazine groups is 1. The van der Waals surface area contributed by atoms with Gasteiger partial charge in [0.2, 0.25) is 0 Å². The van der Waals surface area contributed by atoms with Crippen molar-refractivity contribution in [1.82, 2.24) is 10.4 Å². The molecule has 0 aliphatic carbocycles. The molecule has 0 fully saturated rings. The van der Waals surface area contributed by atoms with Crippen LogP contribution in [0.5, 0.6) is 5.75 Å². The van der Waals surface area contributed by atoms with Crippen LogP contribution in [0.3, 0.4) is 0 Å². The highest BCUT2D eigenvalue weighted by Gasteiger charge is 2.41. The Morgan fingerprint density at radius 1 is 1.27 bits per heavy atom. The van der Waals surface area contributed by atoms with Gasteiger partial charge >= 0.3 is 0 Å². The van der Waals surface area contributed by atoms with Crippen LogP contribution in [0.2, 0.25) is 0 Å². The highest BCUT2D eigenvalue weighted by molar-refractivity contribution is 5.41. The Morgan fingerprint density at radius 3 is 2.60 bits per heavy atom. The van der Waals surface area contributed by atoms with Crippen LogP contribution in [0.15, 0.2) is 24.3 Å². The Bertz CT molecular complexity index is 360. The molecule has 0 aromatic heterocycles. The molecule has 2 rings (SSSR count). The predicted octanol–water partition coefficient (Wildman–Crippen LogP) is 1.96. The van der Waals surface area contributed by atoms with Crippen molar-refractivity contribution in [3.63, 3.8) is 0 Å². The molecule has 1 aromatic rings. The van der Waals surface area contributed by atoms with E-state index in [9.17, 15) is 0 Å². The largest absolute Gasteiger partial charge is 0.485 e. The zero-order valence-electron chi connectivity index (χ0n) is 9.74. The van der Waals surface area contributed by atoms with Crippen molar-refractivity contribution in [2.45, 2.75) is 25.5 Å². The number of fused-ring (bicyclic) bond motifs is 1. The molecule has 1 unspecified atom stereocenters. The summed E-state index contributed by atoms with van der Waals surface area (Å²) in [5, 5.41) is 1.97. The molecule has 3 heteroatoms. The fourth-order valence-corrected chi connectivity index (χ4v) is 2.01. The Labute approximate surface area is 91.0 Å². The summed E-state index contributed by atoms with van der Waals surface area (Å²) >= 11 is 0. The van der Waals surface area contributed by atoms with Gasteiger partial charge in [0.05, 0.1) is 6.04 Å². The predicted molar refractivity (Wildman–Crippen MR) is 60.7 cm³/mol. The van der Waals surface area contributed by atoms with Gasteiger partial charge in [-0.1, -0.05) is 18.2 Å². The molecular weight excluding hydrogens is 188 g/mol. The van der Waals surface area contributed by atoms with Crippen molar-refractivity contribution in [2.24, 2.45) is 0 Å². The summed E-state index contributed by atoms with van der Waals surface area (Å²) in [7, 11) is 3.99. The van der Waals surface area contributed by atoms with Gasteiger partial charge in [-0.2, -0.15) is 0 Å². The molecule has 3 nitrogen and oxygen atoms in total. The number of para-hydroxylation sites is 1. The monoisotopic (exact) mass is 206 g/mol. The van der Waals surface area contributed by atoms with Crippen molar-refractivity contribution in [2.75, 3.05) is 14.1 Å². The minimum atomic E-state index is -0.200. The van der Waals surface area contributed by atoms with Crippen molar-refractivity contribution in [3.8, 4) is 5.75 Å². The Balaban J connectivity index is 2.34. The highest BCUT2D eigenvalue weighted by atomic mass is 16.5. The molecule has 1 aromatic carbocycles. The van der Waals surface area contributed by atoms with E-state index in [1.54, 1.807) is 0 Å². The SMILES string of the molecule is CN(C)NC1c2ccccc2OC1(C)C. The lowest BCUT2D eigenvalue weighted by Crippen LogP contribution is -2.44. The number of ether oxygens (including phenoxy) is 1. The fraction of sp³-hybridized carbons (Fsp3) is 0.500. The van der Waals surface area contributed by atoms with Crippen molar-refractivity contribution in [1.29, 1.82) is 0 Å². The van der Waals surface area contributed by atoms with E-state index in [2.05, 4.69) is 25.3 Å². The van der Waals surface area contributed by atoms with Gasteiger partial charge in [-0.05, 0) is 19.9 Å². The summed E-state index contributed by atoms with van der Waals surface area (Å²) in [5.74, 6) is 0.988. The third-order valence-electron chi connectivity index (χ3n) is 2.69. The summed E-state index contributed by atoms with van der Waals surface area (Å²) < 4.78 is 5.92. The van der Waals surface area contributed by atoms with Crippen molar-refractivity contribution < 1.29 is 4.74 Å². The lowest BCUT2D eigenvalue weighted by Gasteiger charge is -2.29. The molecule has 82 valence electrons. The smallest absolute Gasteiger partial charge is 0.125 e. The van der Waals surface area contributed by atoms with E-state index < -0.39 is 0 Å². The van der Waals surface area contributed by atoms with Crippen LogP contribution in [-0.4, -0.2) is 24.7 Å². The summed E-state index contributed by atoms with van der Waals surface area (Å²) in [5.41, 5.74) is 4.43. The number of hydrogen-bond acceptors (Lipinski definition) is 3. The molecule has 0 amide bonds. The van der Waals surface area contributed by atoms with Gasteiger partial charge in [-0.3, -0.25) is 0 Å². The highest BCUT2D eigenvalue weighted by Crippen LogP contribution is 2.42. The Kier molecular flexibility index (Phi) is 2.44. The lowest BCUT2D eigenvalue weighted by molar-refractivity contribution is 0.0643. The second-order valence-electron chi connectivity index (χ2n) is 4.70. The molecule has 1 N–H and O–H groups in total. The van der Waals surface area contributed by atoms with Crippen LogP contribution in [0.1, 0.15) is 25.5 Å². The Hall–Kier alpha value is -1.06. The molecule has 1 aliphatic heterocycles. The zero-order chi connectivity index (χ0) is 11.1. The van der Waals surface area contributed by atoms with Gasteiger partial charge < -0.3 is 4.74 Å². The van der Waals surface area contributed by atoms with Gasteiger partial charge in [0.15, 0.2) is 0 Å². The summed E-state index contributed by atoms with van der Waals surface area (Å²) in [6.07, 6.45) is 0. The van der Waals surface area contributed by atoms with Crippen LogP contribution in [-0.2, 0) is 0 Å². The lowest BCUT2D eigenvalue weighted by atomic mass is 9.95. The van der Waals surface area contributed by atoms with E-state index in [0.717, 1.165) is 5.75 Å². The first-order chi connectivity index (χ1) is 7.00. The van der Waals surface area contributed by atoms with Gasteiger partial charge in [0.25, 0.3) is 0 Å². The topological polar surface area (TPSA) is 24.5 Å². The molecule has 0 saturated carbocycles. The van der Waals surface area contributed by atoms with Gasteiger partial charge in [-0.15, -0.1) is 0 Å². The molecule has 1 aliphatic rings. The molecule has 1 heterocycles. The third-order valence-corrected chi connectivity index (χ3v) is 2.69. The van der Waals surface area contributed by atoms with E-state index in [4.69, 9.17) is 4.74 Å². The van der Waals surface area contributed by atoms with Crippen LogP contribution in [0.4, 0.5) is 0 Å². The van der Waals surface area contributed by atoms with E-state index in [0.29, 0.717) is 0 Å². The molecular formula is C12H18N2O. The van der Waals surface area contributed by atoms with Crippen LogP contribution in [0.25, 0.3) is 0 Å². The number of nitrogens with one attached hydrogen (secondary N) is 1. The zero-order valence-corrected chi connectivity index (χ0v) is 9.74. The first kappa shape index (κ1) is 10.5. The average molecular weight is 206 g/mol. The second kappa shape index (κ2) is 3.51. The number of benzene rings is 1. The molecule has 0 radical (unpaired) electrons. The van der Waals surface area contributed by atoms with Crippen molar-refractivity contribution >= 4 is 0 Å². The van der Waals surface area contributed by atoms with Crippen LogP contribution < -0.4 is 10.2 Å². The van der Waals surface area contributed by atoms with E-state index in [-0.39, 0.29) is 11.6 Å². The number of nitrogens with zero attached hydrogens (tertiary/aromatic N) is 1. The molecule has 0 bridgehead atoms. The van der Waals surface area contributed by atoms with Crippen LogP contribution >= 0.6 is 0 Å². The standard InChI is InChI=1S/C12H18N2O/c1-12(2)11(13-14(3)4)9-7-5-6-8-10(9)15-12/h5-8,11,13H,1-4H3. The quantitative estimate of drug-likeness (QED) is 0.749. The minimum absolute atomic E-state index is 0.200. The average Bonchev–Trinajstić information content (AvgIpc) is 2.37. The fourth-order valence-electron chi connectivity index (χ4n) is 2.01. The maximum Gasteiger partial charge on any atom is 0.125 e. The molecule has 1 atom stereocenters. The summed E-state index contributed by atoms with van der Waals surface area (Å²) in [4.78, 5) is 0. The third kappa shape index (κ3) is 1.85. The minimum Gasteiger partial charge on any atom is -0.485 e. The second-order valence-corrected chi connectivity index (χ2v) is 4.70. The normalized spacial score (nSPS) is 22.6. The van der Waals surface area contributed by atoms with Gasteiger partial charge in [0, 0.05) is 19.7 Å². The first-order valence-corrected chi connectivity index (χ1v) is 5.22. The Morgan fingerprint density at radius 2 is 1.93 bits per heavy atom. The van der Waals surface area contributed by atoms with E-state index in [1.165, 1.54) is 5.56 Å². The molecule has 0 saturated heterocycles. The van der Waals surface area contributed by atoms with Crippen molar-refractivity contribution in [3.05, 3.63) is 29.8 Å². The molecule has 15 heavy (non-hydrogen) atoms. The van der Waals surface area contributed by atoms with Gasteiger partial charge in [-0.25, -0.2) is 10.4 Å².